The maximum absolute atomic E-state index is 14.6. The number of carbonyl (C=O) groups is 1. The molecular formula is C23H25F3N4O. The monoisotopic (exact) mass is 430 g/mol. The summed E-state index contributed by atoms with van der Waals surface area (Å²) in [6.07, 6.45) is 5.15. The van der Waals surface area contributed by atoms with Crippen molar-refractivity contribution in [2.75, 3.05) is 13.1 Å². The molecule has 2 aliphatic rings. The summed E-state index contributed by atoms with van der Waals surface area (Å²) < 4.78 is 43.4. The predicted octanol–water partition coefficient (Wildman–Crippen LogP) is 4.40. The average molecular weight is 430 g/mol. The van der Waals surface area contributed by atoms with Gasteiger partial charge >= 0.3 is 0 Å². The smallest absolute Gasteiger partial charge is 0.270 e. The van der Waals surface area contributed by atoms with Crippen LogP contribution in [0.1, 0.15) is 61.0 Å². The number of pyridine rings is 1. The van der Waals surface area contributed by atoms with Crippen LogP contribution in [-0.4, -0.2) is 40.6 Å². The molecule has 2 fully saturated rings. The summed E-state index contributed by atoms with van der Waals surface area (Å²) >= 11 is 0. The van der Waals surface area contributed by atoms with Crippen molar-refractivity contribution in [1.82, 2.24) is 15.2 Å². The zero-order chi connectivity index (χ0) is 22.0. The van der Waals surface area contributed by atoms with E-state index in [9.17, 15) is 18.0 Å². The zero-order valence-corrected chi connectivity index (χ0v) is 17.3. The van der Waals surface area contributed by atoms with Crippen LogP contribution >= 0.6 is 0 Å². The second-order valence-electron chi connectivity index (χ2n) is 8.58. The van der Waals surface area contributed by atoms with Gasteiger partial charge in [-0.05, 0) is 36.6 Å². The van der Waals surface area contributed by atoms with Gasteiger partial charge in [0.1, 0.15) is 28.9 Å². The molecule has 31 heavy (non-hydrogen) atoms. The molecule has 1 aromatic heterocycles. The second kappa shape index (κ2) is 8.83. The van der Waals surface area contributed by atoms with E-state index >= 15 is 0 Å². The van der Waals surface area contributed by atoms with Gasteiger partial charge in [0.15, 0.2) is 5.67 Å². The molecule has 0 atom stereocenters. The van der Waals surface area contributed by atoms with E-state index in [4.69, 9.17) is 5.26 Å². The number of alkyl halides is 1. The van der Waals surface area contributed by atoms with Crippen LogP contribution in [0.3, 0.4) is 0 Å². The minimum absolute atomic E-state index is 0.0339. The van der Waals surface area contributed by atoms with Crippen molar-refractivity contribution >= 4 is 16.8 Å². The minimum Gasteiger partial charge on any atom is -0.348 e. The van der Waals surface area contributed by atoms with Crippen LogP contribution in [-0.2, 0) is 6.54 Å². The predicted molar refractivity (Wildman–Crippen MR) is 110 cm³/mol. The molecule has 1 saturated carbocycles. The highest BCUT2D eigenvalue weighted by molar-refractivity contribution is 5.96. The summed E-state index contributed by atoms with van der Waals surface area (Å²) in [7, 11) is 0. The SMILES string of the molecule is N#CC1(F)CCN(Cc2cc(C(=O)NC3CCCCC3)nc3c(F)ccc(F)c23)CC1. The summed E-state index contributed by atoms with van der Waals surface area (Å²) in [5, 5.41) is 12.0. The summed E-state index contributed by atoms with van der Waals surface area (Å²) in [5.41, 5.74) is -1.55. The van der Waals surface area contributed by atoms with Crippen molar-refractivity contribution in [1.29, 1.82) is 5.26 Å². The summed E-state index contributed by atoms with van der Waals surface area (Å²) in [6, 6.07) is 5.32. The number of nitriles is 1. The fourth-order valence-electron chi connectivity index (χ4n) is 4.51. The molecule has 5 nitrogen and oxygen atoms in total. The fourth-order valence-corrected chi connectivity index (χ4v) is 4.51. The highest BCUT2D eigenvalue weighted by atomic mass is 19.1. The molecule has 1 saturated heterocycles. The first-order valence-corrected chi connectivity index (χ1v) is 10.8. The minimum atomic E-state index is -1.85. The molecule has 1 aliphatic heterocycles. The van der Waals surface area contributed by atoms with Crippen LogP contribution in [0.25, 0.3) is 10.9 Å². The molecule has 164 valence electrons. The molecule has 1 amide bonds. The topological polar surface area (TPSA) is 69.0 Å². The van der Waals surface area contributed by atoms with Gasteiger partial charge in [-0.15, -0.1) is 0 Å². The van der Waals surface area contributed by atoms with Crippen LogP contribution in [0.4, 0.5) is 13.2 Å². The lowest BCUT2D eigenvalue weighted by atomic mass is 9.94. The van der Waals surface area contributed by atoms with Gasteiger partial charge in [-0.1, -0.05) is 19.3 Å². The normalized spacial score (nSPS) is 19.8. The van der Waals surface area contributed by atoms with E-state index in [1.807, 2.05) is 4.90 Å². The largest absolute Gasteiger partial charge is 0.348 e. The van der Waals surface area contributed by atoms with Gasteiger partial charge in [-0.25, -0.2) is 18.2 Å². The quantitative estimate of drug-likeness (QED) is 0.781. The van der Waals surface area contributed by atoms with Crippen LogP contribution < -0.4 is 5.32 Å². The first-order valence-electron chi connectivity index (χ1n) is 10.8. The average Bonchev–Trinajstić information content (AvgIpc) is 2.78. The standard InChI is InChI=1S/C23H25F3N4O/c24-17-6-7-18(25)21-20(17)15(13-30-10-8-23(26,14-27)9-11-30)12-19(29-21)22(31)28-16-4-2-1-3-5-16/h6-7,12,16H,1-5,8-11,13H2,(H,28,31). The molecule has 1 aromatic carbocycles. The number of aromatic nitrogens is 1. The third-order valence-corrected chi connectivity index (χ3v) is 6.36. The van der Waals surface area contributed by atoms with Crippen LogP contribution in [0.15, 0.2) is 18.2 Å². The summed E-state index contributed by atoms with van der Waals surface area (Å²) in [5.74, 6) is -1.72. The van der Waals surface area contributed by atoms with Crippen LogP contribution in [0, 0.1) is 23.0 Å². The number of nitrogens with one attached hydrogen (secondary N) is 1. The van der Waals surface area contributed by atoms with E-state index in [2.05, 4.69) is 10.3 Å². The Hall–Kier alpha value is -2.66. The number of benzene rings is 1. The van der Waals surface area contributed by atoms with Gasteiger partial charge in [0, 0.05) is 43.9 Å². The Bertz CT molecular complexity index is 1020. The van der Waals surface area contributed by atoms with Gasteiger partial charge in [-0.2, -0.15) is 5.26 Å². The second-order valence-corrected chi connectivity index (χ2v) is 8.58. The number of halogens is 3. The molecule has 0 spiro atoms. The number of likely N-dealkylation sites (tertiary alicyclic amines) is 1. The van der Waals surface area contributed by atoms with Gasteiger partial charge in [0.25, 0.3) is 5.91 Å². The molecule has 2 aromatic rings. The fraction of sp³-hybridized carbons (Fsp3) is 0.522. The van der Waals surface area contributed by atoms with Gasteiger partial charge in [-0.3, -0.25) is 9.69 Å². The first-order chi connectivity index (χ1) is 14.9. The maximum Gasteiger partial charge on any atom is 0.270 e. The highest BCUT2D eigenvalue weighted by Gasteiger charge is 2.34. The number of rotatable bonds is 4. The number of hydrogen-bond acceptors (Lipinski definition) is 4. The Kier molecular flexibility index (Phi) is 6.15. The third-order valence-electron chi connectivity index (χ3n) is 6.36. The number of amides is 1. The van der Waals surface area contributed by atoms with Gasteiger partial charge in [0.05, 0.1) is 0 Å². The molecular weight excluding hydrogens is 405 g/mol. The van der Waals surface area contributed by atoms with E-state index in [0.29, 0.717) is 18.7 Å². The Morgan fingerprint density at radius 1 is 1.19 bits per heavy atom. The molecule has 0 bridgehead atoms. The van der Waals surface area contributed by atoms with Crippen molar-refractivity contribution in [3.05, 3.63) is 41.1 Å². The Balaban J connectivity index is 1.64. The van der Waals surface area contributed by atoms with E-state index in [0.717, 1.165) is 44.2 Å². The first kappa shape index (κ1) is 21.6. The molecule has 1 aliphatic carbocycles. The van der Waals surface area contributed by atoms with Crippen molar-refractivity contribution in [2.24, 2.45) is 0 Å². The number of hydrogen-bond donors (Lipinski definition) is 1. The molecule has 4 rings (SSSR count). The molecule has 0 unspecified atom stereocenters. The molecule has 8 heteroatoms. The Morgan fingerprint density at radius 3 is 2.55 bits per heavy atom. The lowest BCUT2D eigenvalue weighted by Gasteiger charge is -2.32. The van der Waals surface area contributed by atoms with E-state index in [-0.39, 0.29) is 42.0 Å². The van der Waals surface area contributed by atoms with E-state index < -0.39 is 23.2 Å². The molecule has 0 radical (unpaired) electrons. The van der Waals surface area contributed by atoms with Crippen LogP contribution in [0.2, 0.25) is 0 Å². The number of piperidine rings is 1. The summed E-state index contributed by atoms with van der Waals surface area (Å²) in [4.78, 5) is 18.9. The number of nitrogens with zero attached hydrogens (tertiary/aromatic N) is 3. The van der Waals surface area contributed by atoms with E-state index in [1.54, 1.807) is 6.07 Å². The van der Waals surface area contributed by atoms with Gasteiger partial charge in [0.2, 0.25) is 0 Å². The highest BCUT2D eigenvalue weighted by Crippen LogP contribution is 2.30. The third kappa shape index (κ3) is 4.67. The molecule has 1 N–H and O–H groups in total. The zero-order valence-electron chi connectivity index (χ0n) is 17.3. The summed E-state index contributed by atoms with van der Waals surface area (Å²) in [6.45, 7) is 0.841. The van der Waals surface area contributed by atoms with Gasteiger partial charge < -0.3 is 5.32 Å². The molecule has 2 heterocycles. The number of carbonyl (C=O) groups excluding carboxylic acids is 1. The van der Waals surface area contributed by atoms with Crippen molar-refractivity contribution < 1.29 is 18.0 Å². The lowest BCUT2D eigenvalue weighted by Crippen LogP contribution is -2.40. The van der Waals surface area contributed by atoms with Crippen LogP contribution in [0.5, 0.6) is 0 Å². The van der Waals surface area contributed by atoms with Crippen molar-refractivity contribution in [3.63, 3.8) is 0 Å². The Labute approximate surface area is 179 Å². The lowest BCUT2D eigenvalue weighted by molar-refractivity contribution is 0.0922. The van der Waals surface area contributed by atoms with Crippen molar-refractivity contribution in [3.8, 4) is 6.07 Å². The maximum atomic E-state index is 14.6. The Morgan fingerprint density at radius 2 is 1.87 bits per heavy atom. The van der Waals surface area contributed by atoms with E-state index in [1.165, 1.54) is 6.07 Å². The number of fused-ring (bicyclic) bond motifs is 1. The van der Waals surface area contributed by atoms with Crippen molar-refractivity contribution in [2.45, 2.75) is 63.2 Å².